The average Bonchev–Trinajstić information content (AvgIpc) is 2.91. The molecule has 0 amide bonds. The van der Waals surface area contributed by atoms with E-state index in [0.717, 1.165) is 12.8 Å². The van der Waals surface area contributed by atoms with Crippen LogP contribution in [-0.2, 0) is 0 Å². The third-order valence-electron chi connectivity index (χ3n) is 3.71. The molecule has 0 aromatic carbocycles. The van der Waals surface area contributed by atoms with Crippen LogP contribution in [0.25, 0.3) is 0 Å². The van der Waals surface area contributed by atoms with Gasteiger partial charge in [-0.15, -0.1) is 0 Å². The van der Waals surface area contributed by atoms with E-state index in [1.165, 1.54) is 17.6 Å². The third kappa shape index (κ3) is 3.33. The summed E-state index contributed by atoms with van der Waals surface area (Å²) in [6.07, 6.45) is 17.2. The highest BCUT2D eigenvalue weighted by molar-refractivity contribution is 5.33. The van der Waals surface area contributed by atoms with Crippen LogP contribution in [0.5, 0.6) is 0 Å². The van der Waals surface area contributed by atoms with E-state index in [9.17, 15) is 0 Å². The predicted octanol–water partition coefficient (Wildman–Crippen LogP) is 4.98. The van der Waals surface area contributed by atoms with E-state index < -0.39 is 0 Å². The molecule has 0 spiro atoms. The first kappa shape index (κ1) is 12.2. The minimum Gasteiger partial charge on any atom is -0.0999 e. The number of hydrogen-bond acceptors (Lipinski definition) is 0. The van der Waals surface area contributed by atoms with Crippen LogP contribution in [-0.4, -0.2) is 0 Å². The zero-order valence-corrected chi connectivity index (χ0v) is 10.9. The summed E-state index contributed by atoms with van der Waals surface area (Å²) in [6, 6.07) is 0. The number of hydrogen-bond donors (Lipinski definition) is 0. The second-order valence-corrected chi connectivity index (χ2v) is 5.38. The summed E-state index contributed by atoms with van der Waals surface area (Å²) in [5.41, 5.74) is 4.33. The van der Waals surface area contributed by atoms with Crippen LogP contribution in [0.15, 0.2) is 59.8 Å². The maximum Gasteiger partial charge on any atom is -0.000704 e. The van der Waals surface area contributed by atoms with Crippen molar-refractivity contribution in [2.75, 3.05) is 0 Å². The molecule has 0 aromatic rings. The zero-order valence-electron chi connectivity index (χ0n) is 10.9. The molecule has 0 bridgehead atoms. The first-order valence-corrected chi connectivity index (χ1v) is 6.54. The Morgan fingerprint density at radius 1 is 1.53 bits per heavy atom. The lowest BCUT2D eigenvalue weighted by molar-refractivity contribution is 0.680. The van der Waals surface area contributed by atoms with Gasteiger partial charge in [-0.05, 0) is 38.0 Å². The fourth-order valence-corrected chi connectivity index (χ4v) is 2.37. The molecule has 0 nitrogen and oxygen atoms in total. The van der Waals surface area contributed by atoms with E-state index in [4.69, 9.17) is 0 Å². The second kappa shape index (κ2) is 5.35. The van der Waals surface area contributed by atoms with Gasteiger partial charge < -0.3 is 0 Å². The molecule has 2 rings (SSSR count). The van der Waals surface area contributed by atoms with E-state index in [-0.39, 0.29) is 0 Å². The monoisotopic (exact) mass is 226 g/mol. The van der Waals surface area contributed by atoms with Gasteiger partial charge in [0.25, 0.3) is 0 Å². The van der Waals surface area contributed by atoms with Crippen molar-refractivity contribution < 1.29 is 0 Å². The van der Waals surface area contributed by atoms with Gasteiger partial charge in [0.1, 0.15) is 0 Å². The quantitative estimate of drug-likeness (QED) is 0.580. The molecule has 2 aliphatic rings. The van der Waals surface area contributed by atoms with E-state index in [1.807, 2.05) is 0 Å². The summed E-state index contributed by atoms with van der Waals surface area (Å²) in [4.78, 5) is 0. The van der Waals surface area contributed by atoms with Gasteiger partial charge in [-0.2, -0.15) is 0 Å². The molecule has 0 aromatic heterocycles. The maximum absolute atomic E-state index is 4.03. The highest BCUT2D eigenvalue weighted by Gasteiger charge is 2.14. The van der Waals surface area contributed by atoms with Crippen molar-refractivity contribution in [2.24, 2.45) is 11.8 Å². The number of rotatable bonds is 5. The van der Waals surface area contributed by atoms with Crippen molar-refractivity contribution in [3.8, 4) is 0 Å². The van der Waals surface area contributed by atoms with Crippen LogP contribution >= 0.6 is 0 Å². The standard InChI is InChI=1S/C17H22/c1-13(2)14(3)10-16-8-9-17(12-16)11-15-6-4-5-7-15/h4-6,8-9,12,14,17H,1,7,10-11H2,2-3H3/t14-,17?/m0/s1. The molecule has 0 fully saturated rings. The van der Waals surface area contributed by atoms with Crippen LogP contribution in [0.3, 0.4) is 0 Å². The van der Waals surface area contributed by atoms with Crippen molar-refractivity contribution in [3.05, 3.63) is 59.8 Å². The maximum atomic E-state index is 4.03. The Morgan fingerprint density at radius 3 is 3.00 bits per heavy atom. The van der Waals surface area contributed by atoms with Gasteiger partial charge in [-0.3, -0.25) is 0 Å². The van der Waals surface area contributed by atoms with Crippen molar-refractivity contribution in [1.29, 1.82) is 0 Å². The lowest BCUT2D eigenvalue weighted by Gasteiger charge is -2.10. The van der Waals surface area contributed by atoms with Gasteiger partial charge in [-0.1, -0.05) is 66.7 Å². The predicted molar refractivity (Wildman–Crippen MR) is 75.8 cm³/mol. The van der Waals surface area contributed by atoms with Gasteiger partial charge in [0.2, 0.25) is 0 Å². The molecule has 0 saturated heterocycles. The van der Waals surface area contributed by atoms with Crippen LogP contribution < -0.4 is 0 Å². The Morgan fingerprint density at radius 2 is 2.35 bits per heavy atom. The molecule has 0 radical (unpaired) electrons. The largest absolute Gasteiger partial charge is 0.0999 e. The summed E-state index contributed by atoms with van der Waals surface area (Å²) in [6.45, 7) is 8.41. The minimum atomic E-state index is 0.594. The van der Waals surface area contributed by atoms with Crippen LogP contribution in [0.1, 0.15) is 33.1 Å². The summed E-state index contributed by atoms with van der Waals surface area (Å²) < 4.78 is 0. The van der Waals surface area contributed by atoms with Gasteiger partial charge in [0.05, 0.1) is 0 Å². The van der Waals surface area contributed by atoms with Crippen LogP contribution in [0.4, 0.5) is 0 Å². The molecule has 0 N–H and O–H groups in total. The smallest absolute Gasteiger partial charge is 0.000704 e. The van der Waals surface area contributed by atoms with Gasteiger partial charge in [0, 0.05) is 0 Å². The topological polar surface area (TPSA) is 0 Å². The van der Waals surface area contributed by atoms with Gasteiger partial charge in [-0.25, -0.2) is 0 Å². The Balaban J connectivity index is 1.86. The molecule has 0 saturated carbocycles. The van der Waals surface area contributed by atoms with E-state index in [2.05, 4.69) is 56.9 Å². The summed E-state index contributed by atoms with van der Waals surface area (Å²) in [5, 5.41) is 0. The number of allylic oxidation sites excluding steroid dienone is 9. The highest BCUT2D eigenvalue weighted by Crippen LogP contribution is 2.29. The molecule has 1 unspecified atom stereocenters. The van der Waals surface area contributed by atoms with E-state index in [0.29, 0.717) is 11.8 Å². The fourth-order valence-electron chi connectivity index (χ4n) is 2.37. The minimum absolute atomic E-state index is 0.594. The van der Waals surface area contributed by atoms with E-state index in [1.54, 1.807) is 5.57 Å². The summed E-state index contributed by atoms with van der Waals surface area (Å²) >= 11 is 0. The fraction of sp³-hybridized carbons (Fsp3) is 0.412. The van der Waals surface area contributed by atoms with Gasteiger partial charge >= 0.3 is 0 Å². The highest BCUT2D eigenvalue weighted by atomic mass is 14.2. The third-order valence-corrected chi connectivity index (χ3v) is 3.71. The molecule has 0 heterocycles. The Kier molecular flexibility index (Phi) is 3.83. The SMILES string of the molecule is C=C(C)[C@@H](C)CC1=CC(CC2=CC=CC2)C=C1. The van der Waals surface area contributed by atoms with Crippen molar-refractivity contribution in [1.82, 2.24) is 0 Å². The molecular formula is C17H22. The second-order valence-electron chi connectivity index (χ2n) is 5.38. The molecule has 2 atom stereocenters. The molecular weight excluding hydrogens is 204 g/mol. The van der Waals surface area contributed by atoms with Crippen molar-refractivity contribution in [2.45, 2.75) is 33.1 Å². The van der Waals surface area contributed by atoms with Crippen molar-refractivity contribution >= 4 is 0 Å². The summed E-state index contributed by atoms with van der Waals surface area (Å²) in [5.74, 6) is 1.21. The Labute approximate surface area is 105 Å². The van der Waals surface area contributed by atoms with Crippen LogP contribution in [0, 0.1) is 11.8 Å². The molecule has 90 valence electrons. The summed E-state index contributed by atoms with van der Waals surface area (Å²) in [7, 11) is 0. The molecule has 2 aliphatic carbocycles. The molecule has 0 aliphatic heterocycles. The van der Waals surface area contributed by atoms with Crippen LogP contribution in [0.2, 0.25) is 0 Å². The lowest BCUT2D eigenvalue weighted by Crippen LogP contribution is -1.96. The first-order chi connectivity index (χ1) is 8.15. The van der Waals surface area contributed by atoms with E-state index >= 15 is 0 Å². The lowest BCUT2D eigenvalue weighted by atomic mass is 9.95. The molecule has 0 heteroatoms. The molecule has 17 heavy (non-hydrogen) atoms. The van der Waals surface area contributed by atoms with Crippen molar-refractivity contribution in [3.63, 3.8) is 0 Å². The normalized spacial score (nSPS) is 23.8. The first-order valence-electron chi connectivity index (χ1n) is 6.54. The average molecular weight is 226 g/mol. The van der Waals surface area contributed by atoms with Gasteiger partial charge in [0.15, 0.2) is 0 Å². The Bertz CT molecular complexity index is 415. The zero-order chi connectivity index (χ0) is 12.3. The Hall–Kier alpha value is -1.30.